The van der Waals surface area contributed by atoms with E-state index in [9.17, 15) is 4.39 Å². The monoisotopic (exact) mass is 291 g/mol. The van der Waals surface area contributed by atoms with Crippen LogP contribution in [0.3, 0.4) is 0 Å². The van der Waals surface area contributed by atoms with E-state index in [1.54, 1.807) is 12.1 Å². The van der Waals surface area contributed by atoms with E-state index in [0.29, 0.717) is 11.8 Å². The molecule has 0 spiro atoms. The maximum atomic E-state index is 13.5. The van der Waals surface area contributed by atoms with Crippen molar-refractivity contribution >= 4 is 0 Å². The van der Waals surface area contributed by atoms with Gasteiger partial charge in [-0.15, -0.1) is 0 Å². The topological polar surface area (TPSA) is 12.0 Å². The van der Waals surface area contributed by atoms with E-state index < -0.39 is 0 Å². The largest absolute Gasteiger partial charge is 0.316 e. The molecule has 0 amide bonds. The van der Waals surface area contributed by atoms with E-state index in [1.165, 1.54) is 36.8 Å². The van der Waals surface area contributed by atoms with Gasteiger partial charge in [0.05, 0.1) is 0 Å². The van der Waals surface area contributed by atoms with Crippen molar-refractivity contribution in [3.05, 3.63) is 35.1 Å². The van der Waals surface area contributed by atoms with Crippen molar-refractivity contribution in [3.63, 3.8) is 0 Å². The number of benzene rings is 1. The van der Waals surface area contributed by atoms with Gasteiger partial charge < -0.3 is 5.32 Å². The molecule has 118 valence electrons. The van der Waals surface area contributed by atoms with Crippen LogP contribution in [0.5, 0.6) is 0 Å². The quantitative estimate of drug-likeness (QED) is 0.799. The van der Waals surface area contributed by atoms with E-state index >= 15 is 0 Å². The molecule has 0 aromatic heterocycles. The van der Waals surface area contributed by atoms with Gasteiger partial charge in [0.2, 0.25) is 0 Å². The van der Waals surface area contributed by atoms with Crippen LogP contribution in [-0.2, 0) is 6.42 Å². The average molecular weight is 291 g/mol. The van der Waals surface area contributed by atoms with Crippen LogP contribution in [0, 0.1) is 30.5 Å². The zero-order valence-electron chi connectivity index (χ0n) is 13.8. The number of rotatable bonds is 6. The molecule has 1 aromatic carbocycles. The second kappa shape index (κ2) is 7.93. The molecule has 2 atom stereocenters. The molecule has 0 aliphatic heterocycles. The molecule has 2 heteroatoms. The van der Waals surface area contributed by atoms with Gasteiger partial charge in [-0.05, 0) is 80.3 Å². The van der Waals surface area contributed by atoms with Gasteiger partial charge in [-0.2, -0.15) is 0 Å². The summed E-state index contributed by atoms with van der Waals surface area (Å²) < 4.78 is 13.5. The summed E-state index contributed by atoms with van der Waals surface area (Å²) in [6.45, 7) is 8.83. The van der Waals surface area contributed by atoms with Crippen LogP contribution in [0.2, 0.25) is 0 Å². The Balaban J connectivity index is 1.96. The number of nitrogens with one attached hydrogen (secondary N) is 1. The lowest BCUT2D eigenvalue weighted by atomic mass is 9.75. The van der Waals surface area contributed by atoms with Crippen molar-refractivity contribution in [2.45, 2.75) is 52.9 Å². The molecule has 1 fully saturated rings. The lowest BCUT2D eigenvalue weighted by Gasteiger charge is -2.32. The lowest BCUT2D eigenvalue weighted by molar-refractivity contribution is 0.226. The molecule has 0 radical (unpaired) electrons. The van der Waals surface area contributed by atoms with Crippen molar-refractivity contribution in [2.24, 2.45) is 17.8 Å². The van der Waals surface area contributed by atoms with Crippen LogP contribution in [-0.4, -0.2) is 13.1 Å². The Hall–Kier alpha value is -0.890. The smallest absolute Gasteiger partial charge is 0.123 e. The van der Waals surface area contributed by atoms with Gasteiger partial charge in [0, 0.05) is 0 Å². The number of hydrogen-bond donors (Lipinski definition) is 1. The zero-order valence-corrected chi connectivity index (χ0v) is 13.8. The van der Waals surface area contributed by atoms with E-state index in [-0.39, 0.29) is 5.82 Å². The Bertz CT molecular complexity index is 441. The second-order valence-electron chi connectivity index (χ2n) is 7.13. The number of hydrogen-bond acceptors (Lipinski definition) is 1. The highest BCUT2D eigenvalue weighted by Gasteiger charge is 2.25. The first-order valence-corrected chi connectivity index (χ1v) is 8.52. The van der Waals surface area contributed by atoms with Gasteiger partial charge in [0.1, 0.15) is 5.82 Å². The van der Waals surface area contributed by atoms with Gasteiger partial charge in [0.25, 0.3) is 0 Å². The van der Waals surface area contributed by atoms with Crippen molar-refractivity contribution in [1.29, 1.82) is 0 Å². The molecule has 1 aliphatic rings. The summed E-state index contributed by atoms with van der Waals surface area (Å²) in [5.74, 6) is 2.07. The molecule has 2 rings (SSSR count). The third-order valence-electron chi connectivity index (χ3n) is 4.82. The molecule has 0 saturated heterocycles. The van der Waals surface area contributed by atoms with Gasteiger partial charge in [-0.25, -0.2) is 4.39 Å². The van der Waals surface area contributed by atoms with Gasteiger partial charge >= 0.3 is 0 Å². The molecule has 1 saturated carbocycles. The minimum atomic E-state index is -0.0964. The summed E-state index contributed by atoms with van der Waals surface area (Å²) >= 11 is 0. The number of halogens is 1. The first kappa shape index (κ1) is 16.5. The van der Waals surface area contributed by atoms with Crippen LogP contribution < -0.4 is 5.32 Å². The van der Waals surface area contributed by atoms with Crippen LogP contribution >= 0.6 is 0 Å². The van der Waals surface area contributed by atoms with E-state index in [2.05, 4.69) is 26.1 Å². The van der Waals surface area contributed by atoms with E-state index in [1.807, 2.05) is 6.07 Å². The maximum absolute atomic E-state index is 13.5. The Morgan fingerprint density at radius 3 is 2.62 bits per heavy atom. The SMILES string of the molecule is Cc1ccc(F)cc1CC1CCCCC1CNCC(C)C. The van der Waals surface area contributed by atoms with Crippen LogP contribution in [0.4, 0.5) is 4.39 Å². The molecule has 1 aliphatic carbocycles. The van der Waals surface area contributed by atoms with Crippen molar-refractivity contribution < 1.29 is 4.39 Å². The van der Waals surface area contributed by atoms with Gasteiger partial charge in [-0.3, -0.25) is 0 Å². The third-order valence-corrected chi connectivity index (χ3v) is 4.82. The standard InChI is InChI=1S/C19H30FN/c1-14(2)12-21-13-17-7-5-4-6-16(17)10-18-11-19(20)9-8-15(18)3/h8-9,11,14,16-17,21H,4-7,10,12-13H2,1-3H3. The minimum absolute atomic E-state index is 0.0964. The highest BCUT2D eigenvalue weighted by molar-refractivity contribution is 5.27. The van der Waals surface area contributed by atoms with Crippen molar-refractivity contribution in [3.8, 4) is 0 Å². The highest BCUT2D eigenvalue weighted by Crippen LogP contribution is 2.33. The number of aryl methyl sites for hydroxylation is 1. The molecule has 1 nitrogen and oxygen atoms in total. The summed E-state index contributed by atoms with van der Waals surface area (Å²) in [4.78, 5) is 0. The average Bonchev–Trinajstić information content (AvgIpc) is 2.44. The highest BCUT2D eigenvalue weighted by atomic mass is 19.1. The lowest BCUT2D eigenvalue weighted by Crippen LogP contribution is -2.33. The Morgan fingerprint density at radius 1 is 1.19 bits per heavy atom. The van der Waals surface area contributed by atoms with E-state index in [4.69, 9.17) is 0 Å². The molecule has 2 unspecified atom stereocenters. The molecule has 1 aromatic rings. The fraction of sp³-hybridized carbons (Fsp3) is 0.684. The zero-order chi connectivity index (χ0) is 15.2. The Labute approximate surface area is 129 Å². The van der Waals surface area contributed by atoms with Crippen molar-refractivity contribution in [2.75, 3.05) is 13.1 Å². The van der Waals surface area contributed by atoms with Crippen LogP contribution in [0.25, 0.3) is 0 Å². The fourth-order valence-electron chi connectivity index (χ4n) is 3.52. The summed E-state index contributed by atoms with van der Waals surface area (Å²) in [5, 5.41) is 3.62. The molecular weight excluding hydrogens is 261 g/mol. The minimum Gasteiger partial charge on any atom is -0.316 e. The molecular formula is C19H30FN. The summed E-state index contributed by atoms with van der Waals surface area (Å²) in [7, 11) is 0. The summed E-state index contributed by atoms with van der Waals surface area (Å²) in [5.41, 5.74) is 2.44. The molecule has 1 N–H and O–H groups in total. The summed E-state index contributed by atoms with van der Waals surface area (Å²) in [6, 6.07) is 5.23. The first-order valence-electron chi connectivity index (χ1n) is 8.52. The predicted octanol–water partition coefficient (Wildman–Crippen LogP) is 4.73. The van der Waals surface area contributed by atoms with Crippen LogP contribution in [0.15, 0.2) is 18.2 Å². The summed E-state index contributed by atoms with van der Waals surface area (Å²) in [6.07, 6.45) is 6.35. The molecule has 0 heterocycles. The van der Waals surface area contributed by atoms with E-state index in [0.717, 1.165) is 25.4 Å². The second-order valence-corrected chi connectivity index (χ2v) is 7.13. The van der Waals surface area contributed by atoms with Gasteiger partial charge in [0.15, 0.2) is 0 Å². The maximum Gasteiger partial charge on any atom is 0.123 e. The predicted molar refractivity (Wildman–Crippen MR) is 88.0 cm³/mol. The molecule has 0 bridgehead atoms. The normalized spacial score (nSPS) is 22.7. The fourth-order valence-corrected chi connectivity index (χ4v) is 3.52. The van der Waals surface area contributed by atoms with Gasteiger partial charge in [-0.1, -0.05) is 32.8 Å². The van der Waals surface area contributed by atoms with Crippen LogP contribution in [0.1, 0.15) is 50.7 Å². The Kier molecular flexibility index (Phi) is 6.22. The molecule has 21 heavy (non-hydrogen) atoms. The Morgan fingerprint density at radius 2 is 1.90 bits per heavy atom. The van der Waals surface area contributed by atoms with Crippen molar-refractivity contribution in [1.82, 2.24) is 5.32 Å². The first-order chi connectivity index (χ1) is 10.1. The third kappa shape index (κ3) is 5.10.